The van der Waals surface area contributed by atoms with Crippen LogP contribution in [-0.4, -0.2) is 15.3 Å². The highest BCUT2D eigenvalue weighted by molar-refractivity contribution is 5.79. The molecule has 0 aromatic heterocycles. The Labute approximate surface area is 106 Å². The summed E-state index contributed by atoms with van der Waals surface area (Å²) in [4.78, 5) is 0. The first kappa shape index (κ1) is 12.3. The highest BCUT2D eigenvalue weighted by Crippen LogP contribution is 2.39. The first-order valence-electron chi connectivity index (χ1n) is 5.74. The summed E-state index contributed by atoms with van der Waals surface area (Å²) in [5.74, 6) is 0.232. The number of benzene rings is 2. The maximum atomic E-state index is 9.93. The molecule has 0 aliphatic heterocycles. The van der Waals surface area contributed by atoms with Gasteiger partial charge in [-0.3, -0.25) is 0 Å². The van der Waals surface area contributed by atoms with Crippen molar-refractivity contribution in [1.29, 1.82) is 0 Å². The van der Waals surface area contributed by atoms with Crippen molar-refractivity contribution in [1.82, 2.24) is 0 Å². The second kappa shape index (κ2) is 4.26. The average Bonchev–Trinajstić information content (AvgIpc) is 2.29. The highest BCUT2D eigenvalue weighted by atomic mass is 16.3. The van der Waals surface area contributed by atoms with Crippen LogP contribution < -0.4 is 0 Å². The quantitative estimate of drug-likeness (QED) is 0.720. The zero-order valence-electron chi connectivity index (χ0n) is 10.7. The molecule has 0 atom stereocenters. The van der Waals surface area contributed by atoms with Crippen molar-refractivity contribution in [2.75, 3.05) is 0 Å². The maximum Gasteiger partial charge on any atom is 0.127 e. The van der Waals surface area contributed by atoms with Gasteiger partial charge in [0.05, 0.1) is 0 Å². The summed E-state index contributed by atoms with van der Waals surface area (Å²) in [6, 6.07) is 6.19. The fourth-order valence-corrected chi connectivity index (χ4v) is 2.16. The zero-order chi connectivity index (χ0) is 13.4. The fourth-order valence-electron chi connectivity index (χ4n) is 2.16. The average molecular weight is 244 g/mol. The van der Waals surface area contributed by atoms with E-state index in [0.29, 0.717) is 5.56 Å². The molecule has 2 rings (SSSR count). The lowest BCUT2D eigenvalue weighted by Gasteiger charge is -2.15. The van der Waals surface area contributed by atoms with Gasteiger partial charge in [-0.25, -0.2) is 0 Å². The molecule has 0 bridgehead atoms. The second-order valence-electron chi connectivity index (χ2n) is 4.54. The lowest BCUT2D eigenvalue weighted by molar-refractivity contribution is 0.451. The summed E-state index contributed by atoms with van der Waals surface area (Å²) < 4.78 is 0. The molecule has 0 saturated heterocycles. The number of aromatic hydroxyl groups is 3. The summed E-state index contributed by atoms with van der Waals surface area (Å²) >= 11 is 0. The molecule has 0 fully saturated rings. The number of rotatable bonds is 1. The van der Waals surface area contributed by atoms with Crippen LogP contribution in [0.25, 0.3) is 11.1 Å². The molecule has 0 amide bonds. The van der Waals surface area contributed by atoms with Gasteiger partial charge in [-0.2, -0.15) is 0 Å². The Morgan fingerprint density at radius 3 is 2.06 bits per heavy atom. The maximum absolute atomic E-state index is 9.93. The minimum atomic E-state index is 0.00574. The first-order chi connectivity index (χ1) is 8.41. The second-order valence-corrected chi connectivity index (χ2v) is 4.54. The standard InChI is InChI=1S/C15H16O3/c1-8-6-13(17)10(3)15(9(8)2)12-5-4-11(16)7-14(12)18/h4-7,16-18H,1-3H3. The van der Waals surface area contributed by atoms with Gasteiger partial charge in [-0.05, 0) is 61.2 Å². The van der Waals surface area contributed by atoms with Gasteiger partial charge in [0.15, 0.2) is 0 Å². The van der Waals surface area contributed by atoms with Gasteiger partial charge in [0.2, 0.25) is 0 Å². The predicted octanol–water partition coefficient (Wildman–Crippen LogP) is 3.40. The van der Waals surface area contributed by atoms with Gasteiger partial charge in [0, 0.05) is 11.6 Å². The van der Waals surface area contributed by atoms with Crippen LogP contribution >= 0.6 is 0 Å². The Balaban J connectivity index is 2.78. The summed E-state index contributed by atoms with van der Waals surface area (Å²) in [6.07, 6.45) is 0. The Hall–Kier alpha value is -2.16. The van der Waals surface area contributed by atoms with E-state index in [-0.39, 0.29) is 17.2 Å². The van der Waals surface area contributed by atoms with Crippen LogP contribution in [0.1, 0.15) is 16.7 Å². The van der Waals surface area contributed by atoms with Crippen LogP contribution in [0.4, 0.5) is 0 Å². The first-order valence-corrected chi connectivity index (χ1v) is 5.74. The molecule has 0 spiro atoms. The molecule has 2 aromatic carbocycles. The van der Waals surface area contributed by atoms with Crippen LogP contribution in [0, 0.1) is 20.8 Å². The Morgan fingerprint density at radius 1 is 0.778 bits per heavy atom. The van der Waals surface area contributed by atoms with E-state index in [4.69, 9.17) is 0 Å². The van der Waals surface area contributed by atoms with Crippen LogP contribution in [0.3, 0.4) is 0 Å². The molecule has 94 valence electrons. The third kappa shape index (κ3) is 1.88. The lowest BCUT2D eigenvalue weighted by Crippen LogP contribution is -1.93. The van der Waals surface area contributed by atoms with Gasteiger partial charge in [0.25, 0.3) is 0 Å². The van der Waals surface area contributed by atoms with Crippen molar-refractivity contribution in [2.24, 2.45) is 0 Å². The van der Waals surface area contributed by atoms with E-state index in [0.717, 1.165) is 22.3 Å². The van der Waals surface area contributed by atoms with Crippen LogP contribution in [0.15, 0.2) is 24.3 Å². The van der Waals surface area contributed by atoms with Gasteiger partial charge >= 0.3 is 0 Å². The molecule has 0 aliphatic carbocycles. The Kier molecular flexibility index (Phi) is 2.91. The molecule has 0 saturated carbocycles. The molecule has 0 heterocycles. The molecule has 0 radical (unpaired) electrons. The Morgan fingerprint density at radius 2 is 1.44 bits per heavy atom. The largest absolute Gasteiger partial charge is 0.508 e. The van der Waals surface area contributed by atoms with E-state index in [1.54, 1.807) is 12.1 Å². The van der Waals surface area contributed by atoms with E-state index in [1.165, 1.54) is 12.1 Å². The number of aryl methyl sites for hydroxylation is 1. The lowest BCUT2D eigenvalue weighted by atomic mass is 9.91. The van der Waals surface area contributed by atoms with Crippen molar-refractivity contribution >= 4 is 0 Å². The zero-order valence-corrected chi connectivity index (χ0v) is 10.7. The predicted molar refractivity (Wildman–Crippen MR) is 71.1 cm³/mol. The molecule has 3 N–H and O–H groups in total. The SMILES string of the molecule is Cc1cc(O)c(C)c(-c2ccc(O)cc2O)c1C. The molecule has 0 aliphatic rings. The summed E-state index contributed by atoms with van der Waals surface area (Å²) in [5, 5.41) is 29.1. The molecule has 3 nitrogen and oxygen atoms in total. The molecule has 3 heteroatoms. The van der Waals surface area contributed by atoms with Crippen LogP contribution in [0.5, 0.6) is 17.2 Å². The number of phenolic OH excluding ortho intramolecular Hbond substituents is 3. The van der Waals surface area contributed by atoms with E-state index < -0.39 is 0 Å². The molecule has 0 unspecified atom stereocenters. The van der Waals surface area contributed by atoms with Crippen molar-refractivity contribution in [3.63, 3.8) is 0 Å². The molecule has 2 aromatic rings. The normalized spacial score (nSPS) is 10.6. The van der Waals surface area contributed by atoms with Crippen LogP contribution in [0.2, 0.25) is 0 Å². The van der Waals surface area contributed by atoms with Crippen molar-refractivity contribution in [3.05, 3.63) is 41.0 Å². The molecule has 18 heavy (non-hydrogen) atoms. The van der Waals surface area contributed by atoms with Gasteiger partial charge in [-0.1, -0.05) is 0 Å². The molecular weight excluding hydrogens is 228 g/mol. The molecular formula is C15H16O3. The van der Waals surface area contributed by atoms with Gasteiger partial charge in [-0.15, -0.1) is 0 Å². The van der Waals surface area contributed by atoms with Crippen molar-refractivity contribution in [2.45, 2.75) is 20.8 Å². The fraction of sp³-hybridized carbons (Fsp3) is 0.200. The minimum absolute atomic E-state index is 0.00574. The van der Waals surface area contributed by atoms with Crippen molar-refractivity contribution in [3.8, 4) is 28.4 Å². The van der Waals surface area contributed by atoms with E-state index >= 15 is 0 Å². The smallest absolute Gasteiger partial charge is 0.127 e. The number of hydrogen-bond acceptors (Lipinski definition) is 3. The van der Waals surface area contributed by atoms with Gasteiger partial charge in [0.1, 0.15) is 17.2 Å². The van der Waals surface area contributed by atoms with E-state index in [1.807, 2.05) is 20.8 Å². The summed E-state index contributed by atoms with van der Waals surface area (Å²) in [6.45, 7) is 5.67. The van der Waals surface area contributed by atoms with E-state index in [2.05, 4.69) is 0 Å². The minimum Gasteiger partial charge on any atom is -0.508 e. The van der Waals surface area contributed by atoms with E-state index in [9.17, 15) is 15.3 Å². The third-order valence-corrected chi connectivity index (χ3v) is 3.33. The van der Waals surface area contributed by atoms with Crippen molar-refractivity contribution < 1.29 is 15.3 Å². The Bertz CT molecular complexity index is 589. The summed E-state index contributed by atoms with van der Waals surface area (Å²) in [7, 11) is 0. The summed E-state index contributed by atoms with van der Waals surface area (Å²) in [5.41, 5.74) is 4.11. The van der Waals surface area contributed by atoms with Crippen LogP contribution in [-0.2, 0) is 0 Å². The monoisotopic (exact) mass is 244 g/mol. The number of hydrogen-bond donors (Lipinski definition) is 3. The number of phenols is 3. The topological polar surface area (TPSA) is 60.7 Å². The van der Waals surface area contributed by atoms with Gasteiger partial charge < -0.3 is 15.3 Å². The third-order valence-electron chi connectivity index (χ3n) is 3.33. The highest BCUT2D eigenvalue weighted by Gasteiger charge is 2.15.